The summed E-state index contributed by atoms with van der Waals surface area (Å²) in [5.41, 5.74) is 2.30. The number of H-pyrrole nitrogens is 1. The molecule has 2 fully saturated rings. The molecule has 1 aliphatic heterocycles. The van der Waals surface area contributed by atoms with E-state index in [-0.39, 0.29) is 0 Å². The maximum absolute atomic E-state index is 4.36. The molecule has 2 N–H and O–H groups in total. The van der Waals surface area contributed by atoms with E-state index in [9.17, 15) is 0 Å². The van der Waals surface area contributed by atoms with Crippen molar-refractivity contribution in [2.45, 2.75) is 25.3 Å². The maximum atomic E-state index is 4.36. The van der Waals surface area contributed by atoms with Crippen molar-refractivity contribution >= 4 is 5.82 Å². The Morgan fingerprint density at radius 1 is 1.24 bits per heavy atom. The molecule has 1 saturated carbocycles. The Morgan fingerprint density at radius 2 is 2.14 bits per heavy atom. The number of aromatic nitrogens is 4. The fourth-order valence-corrected chi connectivity index (χ4v) is 2.78. The zero-order valence-corrected chi connectivity index (χ0v) is 12.0. The van der Waals surface area contributed by atoms with Gasteiger partial charge in [-0.05, 0) is 25.0 Å². The fraction of sp³-hybridized carbons (Fsp3) is 0.533. The summed E-state index contributed by atoms with van der Waals surface area (Å²) in [5.74, 6) is 2.39. The Kier molecular flexibility index (Phi) is 3.31. The fourth-order valence-electron chi connectivity index (χ4n) is 2.78. The topological polar surface area (TPSA) is 69.7 Å². The number of imidazole rings is 1. The highest BCUT2D eigenvalue weighted by atomic mass is 15.3. The van der Waals surface area contributed by atoms with E-state index < -0.39 is 0 Å². The van der Waals surface area contributed by atoms with Gasteiger partial charge in [-0.3, -0.25) is 0 Å². The van der Waals surface area contributed by atoms with Crippen LogP contribution in [0.2, 0.25) is 0 Å². The molecule has 21 heavy (non-hydrogen) atoms. The molecule has 6 nitrogen and oxygen atoms in total. The molecule has 2 aromatic heterocycles. The minimum Gasteiger partial charge on any atom is -0.354 e. The number of hydrogen-bond acceptors (Lipinski definition) is 5. The highest BCUT2D eigenvalue weighted by Crippen LogP contribution is 2.38. The minimum absolute atomic E-state index is 0.683. The molecule has 4 rings (SSSR count). The summed E-state index contributed by atoms with van der Waals surface area (Å²) in [7, 11) is 0. The lowest BCUT2D eigenvalue weighted by atomic mass is 10.0. The number of anilines is 1. The van der Waals surface area contributed by atoms with E-state index in [1.54, 1.807) is 6.33 Å². The van der Waals surface area contributed by atoms with E-state index in [0.717, 1.165) is 43.4 Å². The SMILES string of the molecule is c1ncc(CNCC2CN(c3ccc(C4CC4)nn3)C2)[nH]1. The van der Waals surface area contributed by atoms with Crippen molar-refractivity contribution in [3.05, 3.63) is 36.0 Å². The molecule has 6 heteroatoms. The Morgan fingerprint density at radius 3 is 2.81 bits per heavy atom. The smallest absolute Gasteiger partial charge is 0.151 e. The summed E-state index contributed by atoms with van der Waals surface area (Å²) in [4.78, 5) is 9.41. The van der Waals surface area contributed by atoms with Gasteiger partial charge in [0.25, 0.3) is 0 Å². The molecular weight excluding hydrogens is 264 g/mol. The van der Waals surface area contributed by atoms with Crippen LogP contribution in [0.25, 0.3) is 0 Å². The standard InChI is InChI=1S/C15H20N6/c1-2-12(1)14-3-4-15(20-19-14)21-8-11(9-21)5-16-6-13-7-17-10-18-13/h3-4,7,10-12,16H,1-2,5-6,8-9H2,(H,17,18). The second-order valence-corrected chi connectivity index (χ2v) is 6.07. The van der Waals surface area contributed by atoms with Gasteiger partial charge in [-0.1, -0.05) is 0 Å². The van der Waals surface area contributed by atoms with Crippen LogP contribution in [0.15, 0.2) is 24.7 Å². The van der Waals surface area contributed by atoms with E-state index in [4.69, 9.17) is 0 Å². The maximum Gasteiger partial charge on any atom is 0.151 e. The van der Waals surface area contributed by atoms with Gasteiger partial charge in [-0.2, -0.15) is 5.10 Å². The lowest BCUT2D eigenvalue weighted by Gasteiger charge is -2.40. The van der Waals surface area contributed by atoms with E-state index in [1.807, 2.05) is 6.20 Å². The lowest BCUT2D eigenvalue weighted by molar-refractivity contribution is 0.380. The number of hydrogen-bond donors (Lipinski definition) is 2. The number of nitrogens with one attached hydrogen (secondary N) is 2. The molecular formula is C15H20N6. The normalized spacial score (nSPS) is 18.8. The van der Waals surface area contributed by atoms with Crippen LogP contribution >= 0.6 is 0 Å². The van der Waals surface area contributed by atoms with Gasteiger partial charge in [0.15, 0.2) is 5.82 Å². The first-order valence-corrected chi connectivity index (χ1v) is 7.65. The second-order valence-electron chi connectivity index (χ2n) is 6.07. The van der Waals surface area contributed by atoms with Crippen LogP contribution in [-0.2, 0) is 6.54 Å². The first-order valence-electron chi connectivity index (χ1n) is 7.65. The first kappa shape index (κ1) is 12.8. The van der Waals surface area contributed by atoms with Crippen LogP contribution in [0.4, 0.5) is 5.82 Å². The summed E-state index contributed by atoms with van der Waals surface area (Å²) in [5, 5.41) is 12.2. The quantitative estimate of drug-likeness (QED) is 0.837. The third-order valence-electron chi connectivity index (χ3n) is 4.25. The number of nitrogens with zero attached hydrogens (tertiary/aromatic N) is 4. The highest BCUT2D eigenvalue weighted by Gasteiger charge is 2.29. The van der Waals surface area contributed by atoms with Gasteiger partial charge in [0, 0.05) is 49.9 Å². The molecule has 0 unspecified atom stereocenters. The molecule has 1 aliphatic carbocycles. The van der Waals surface area contributed by atoms with Gasteiger partial charge < -0.3 is 15.2 Å². The second kappa shape index (κ2) is 5.44. The van der Waals surface area contributed by atoms with Gasteiger partial charge >= 0.3 is 0 Å². The Labute approximate surface area is 124 Å². The molecule has 1 saturated heterocycles. The number of aromatic amines is 1. The van der Waals surface area contributed by atoms with Gasteiger partial charge in [0.1, 0.15) is 0 Å². The van der Waals surface area contributed by atoms with Crippen molar-refractivity contribution in [2.75, 3.05) is 24.5 Å². The van der Waals surface area contributed by atoms with Crippen LogP contribution < -0.4 is 10.2 Å². The summed E-state index contributed by atoms with van der Waals surface area (Å²) in [6.45, 7) is 4.01. The van der Waals surface area contributed by atoms with Gasteiger partial charge in [0.2, 0.25) is 0 Å². The van der Waals surface area contributed by atoms with Crippen molar-refractivity contribution in [2.24, 2.45) is 5.92 Å². The van der Waals surface area contributed by atoms with E-state index in [0.29, 0.717) is 11.8 Å². The molecule has 110 valence electrons. The minimum atomic E-state index is 0.683. The van der Waals surface area contributed by atoms with Crippen LogP contribution in [0.1, 0.15) is 30.1 Å². The lowest BCUT2D eigenvalue weighted by Crippen LogP contribution is -2.51. The van der Waals surface area contributed by atoms with Gasteiger partial charge in [-0.15, -0.1) is 5.10 Å². The molecule has 3 heterocycles. The zero-order chi connectivity index (χ0) is 14.1. The van der Waals surface area contributed by atoms with Crippen LogP contribution in [0.3, 0.4) is 0 Å². The van der Waals surface area contributed by atoms with Gasteiger partial charge in [0.05, 0.1) is 12.0 Å². The van der Waals surface area contributed by atoms with Crippen molar-refractivity contribution in [1.82, 2.24) is 25.5 Å². The van der Waals surface area contributed by atoms with E-state index in [2.05, 4.69) is 42.5 Å². The molecule has 0 radical (unpaired) electrons. The largest absolute Gasteiger partial charge is 0.354 e. The molecule has 0 bridgehead atoms. The molecule has 0 aromatic carbocycles. The highest BCUT2D eigenvalue weighted by molar-refractivity contribution is 5.41. The van der Waals surface area contributed by atoms with Crippen LogP contribution in [-0.4, -0.2) is 39.8 Å². The summed E-state index contributed by atoms with van der Waals surface area (Å²) >= 11 is 0. The van der Waals surface area contributed by atoms with E-state index >= 15 is 0 Å². The van der Waals surface area contributed by atoms with Crippen molar-refractivity contribution in [1.29, 1.82) is 0 Å². The molecule has 2 aliphatic rings. The van der Waals surface area contributed by atoms with Crippen molar-refractivity contribution < 1.29 is 0 Å². The molecule has 0 atom stereocenters. The molecule has 0 amide bonds. The van der Waals surface area contributed by atoms with Crippen molar-refractivity contribution in [3.63, 3.8) is 0 Å². The van der Waals surface area contributed by atoms with Crippen LogP contribution in [0, 0.1) is 5.92 Å². The Balaban J connectivity index is 1.21. The third-order valence-corrected chi connectivity index (χ3v) is 4.25. The average Bonchev–Trinajstić information content (AvgIpc) is 3.19. The average molecular weight is 284 g/mol. The van der Waals surface area contributed by atoms with Crippen LogP contribution in [0.5, 0.6) is 0 Å². The first-order chi connectivity index (χ1) is 10.4. The third kappa shape index (κ3) is 2.90. The predicted molar refractivity (Wildman–Crippen MR) is 80.0 cm³/mol. The zero-order valence-electron chi connectivity index (χ0n) is 12.0. The van der Waals surface area contributed by atoms with Crippen molar-refractivity contribution in [3.8, 4) is 0 Å². The summed E-state index contributed by atoms with van der Waals surface area (Å²) in [6.07, 6.45) is 6.13. The molecule has 0 spiro atoms. The summed E-state index contributed by atoms with van der Waals surface area (Å²) < 4.78 is 0. The predicted octanol–water partition coefficient (Wildman–Crippen LogP) is 1.30. The monoisotopic (exact) mass is 284 g/mol. The molecule has 2 aromatic rings. The van der Waals surface area contributed by atoms with Gasteiger partial charge in [-0.25, -0.2) is 4.98 Å². The number of rotatable bonds is 6. The summed E-state index contributed by atoms with van der Waals surface area (Å²) in [6, 6.07) is 4.26. The Bertz CT molecular complexity index is 569. The van der Waals surface area contributed by atoms with E-state index in [1.165, 1.54) is 12.8 Å². The Hall–Kier alpha value is -1.95.